The molecule has 1 aromatic heterocycles. The van der Waals surface area contributed by atoms with Crippen LogP contribution >= 0.6 is 11.7 Å². The number of hydroxylamine groups is 2. The van der Waals surface area contributed by atoms with Gasteiger partial charge in [-0.1, -0.05) is 0 Å². The first-order valence-electron chi connectivity index (χ1n) is 6.30. The normalized spacial score (nSPS) is 23.2. The van der Waals surface area contributed by atoms with Gasteiger partial charge in [0.05, 0.1) is 17.9 Å². The van der Waals surface area contributed by atoms with Crippen LogP contribution in [0.1, 0.15) is 51.0 Å². The van der Waals surface area contributed by atoms with E-state index in [0.717, 1.165) is 11.7 Å². The molecular formula is C12H20N4O2S. The van der Waals surface area contributed by atoms with Gasteiger partial charge >= 0.3 is 0 Å². The number of hydrogen-bond donors (Lipinski definition) is 2. The van der Waals surface area contributed by atoms with Crippen LogP contribution in [0, 0.1) is 0 Å². The lowest BCUT2D eigenvalue weighted by atomic mass is 9.79. The molecule has 1 aromatic rings. The Kier molecular flexibility index (Phi) is 3.63. The molecular weight excluding hydrogens is 264 g/mol. The van der Waals surface area contributed by atoms with E-state index in [0.29, 0.717) is 18.5 Å². The lowest BCUT2D eigenvalue weighted by Crippen LogP contribution is -2.62. The number of piperidine rings is 1. The van der Waals surface area contributed by atoms with Crippen molar-refractivity contribution < 1.29 is 10.0 Å². The van der Waals surface area contributed by atoms with Crippen molar-refractivity contribution in [1.29, 1.82) is 0 Å². The number of nitrogens with one attached hydrogen (secondary N) is 1. The van der Waals surface area contributed by atoms with Gasteiger partial charge in [-0.2, -0.15) is 13.8 Å². The third kappa shape index (κ3) is 2.93. The highest BCUT2D eigenvalue weighted by atomic mass is 32.1. The zero-order chi connectivity index (χ0) is 14.3. The maximum absolute atomic E-state index is 12.0. The summed E-state index contributed by atoms with van der Waals surface area (Å²) in [5.74, 6) is -0.197. The first kappa shape index (κ1) is 14.4. The first-order chi connectivity index (χ1) is 8.72. The van der Waals surface area contributed by atoms with Gasteiger partial charge in [0, 0.05) is 17.1 Å². The molecule has 6 nitrogen and oxygen atoms in total. The summed E-state index contributed by atoms with van der Waals surface area (Å²) in [6.07, 6.45) is 2.85. The largest absolute Gasteiger partial charge is 0.348 e. The Morgan fingerprint density at radius 2 is 2.00 bits per heavy atom. The summed E-state index contributed by atoms with van der Waals surface area (Å²) in [5.41, 5.74) is -0.396. The van der Waals surface area contributed by atoms with Crippen LogP contribution in [0.3, 0.4) is 0 Å². The minimum absolute atomic E-state index is 0.0163. The van der Waals surface area contributed by atoms with E-state index >= 15 is 0 Å². The second kappa shape index (κ2) is 4.81. The molecule has 1 saturated heterocycles. The highest BCUT2D eigenvalue weighted by Gasteiger charge is 2.45. The van der Waals surface area contributed by atoms with Crippen molar-refractivity contribution in [1.82, 2.24) is 19.1 Å². The Balaban J connectivity index is 2.08. The van der Waals surface area contributed by atoms with E-state index in [2.05, 4.69) is 14.1 Å². The fraction of sp³-hybridized carbons (Fsp3) is 0.750. The molecule has 0 aromatic carbocycles. The lowest BCUT2D eigenvalue weighted by molar-refractivity contribution is -0.245. The number of nitrogens with zero attached hydrogens (tertiary/aromatic N) is 3. The second-order valence-electron chi connectivity index (χ2n) is 6.31. The van der Waals surface area contributed by atoms with Gasteiger partial charge in [-0.25, -0.2) is 0 Å². The number of amides is 1. The molecule has 2 heterocycles. The summed E-state index contributed by atoms with van der Waals surface area (Å²) < 4.78 is 7.76. The van der Waals surface area contributed by atoms with Crippen molar-refractivity contribution in [3.63, 3.8) is 0 Å². The molecule has 0 bridgehead atoms. The smallest absolute Gasteiger partial charge is 0.272 e. The molecule has 0 spiro atoms. The fourth-order valence-corrected chi connectivity index (χ4v) is 3.31. The Labute approximate surface area is 117 Å². The average Bonchev–Trinajstić information content (AvgIpc) is 2.78. The summed E-state index contributed by atoms with van der Waals surface area (Å²) in [5, 5.41) is 14.6. The van der Waals surface area contributed by atoms with E-state index in [4.69, 9.17) is 0 Å². The molecule has 106 valence electrons. The van der Waals surface area contributed by atoms with E-state index in [1.807, 2.05) is 27.7 Å². The van der Waals surface area contributed by atoms with Gasteiger partial charge in [0.25, 0.3) is 5.91 Å². The SMILES string of the molecule is CC1(C)CC(NC(=O)c2cnsn2)CC(C)(C)N1O. The zero-order valence-electron chi connectivity index (χ0n) is 11.7. The van der Waals surface area contributed by atoms with Crippen LogP contribution in [0.2, 0.25) is 0 Å². The van der Waals surface area contributed by atoms with Crippen molar-refractivity contribution in [2.45, 2.75) is 57.7 Å². The molecule has 0 unspecified atom stereocenters. The van der Waals surface area contributed by atoms with Crippen molar-refractivity contribution >= 4 is 17.6 Å². The number of carbonyl (C=O) groups excluding carboxylic acids is 1. The van der Waals surface area contributed by atoms with Gasteiger partial charge in [-0.15, -0.1) is 0 Å². The van der Waals surface area contributed by atoms with Crippen LogP contribution in [0.25, 0.3) is 0 Å². The maximum Gasteiger partial charge on any atom is 0.272 e. The zero-order valence-corrected chi connectivity index (χ0v) is 12.5. The van der Waals surface area contributed by atoms with Crippen LogP contribution in [-0.2, 0) is 0 Å². The molecule has 0 atom stereocenters. The van der Waals surface area contributed by atoms with Crippen LogP contribution in [0.15, 0.2) is 6.20 Å². The minimum atomic E-state index is -0.375. The Hall–Kier alpha value is -1.05. The van der Waals surface area contributed by atoms with Crippen LogP contribution in [0.5, 0.6) is 0 Å². The molecule has 0 radical (unpaired) electrons. The summed E-state index contributed by atoms with van der Waals surface area (Å²) in [7, 11) is 0. The van der Waals surface area contributed by atoms with Crippen molar-refractivity contribution in [3.8, 4) is 0 Å². The minimum Gasteiger partial charge on any atom is -0.348 e. The van der Waals surface area contributed by atoms with E-state index in [9.17, 15) is 10.0 Å². The number of aromatic nitrogens is 2. The molecule has 2 N–H and O–H groups in total. The van der Waals surface area contributed by atoms with E-state index in [-0.39, 0.29) is 23.0 Å². The predicted molar refractivity (Wildman–Crippen MR) is 72.2 cm³/mol. The molecule has 7 heteroatoms. The van der Waals surface area contributed by atoms with Crippen LogP contribution < -0.4 is 5.32 Å². The Bertz CT molecular complexity index is 440. The first-order valence-corrected chi connectivity index (χ1v) is 7.03. The van der Waals surface area contributed by atoms with Crippen LogP contribution in [-0.4, -0.2) is 42.0 Å². The van der Waals surface area contributed by atoms with Gasteiger partial charge in [-0.05, 0) is 40.5 Å². The summed E-state index contributed by atoms with van der Waals surface area (Å²) in [6.45, 7) is 7.88. The molecule has 1 amide bonds. The molecule has 0 aliphatic carbocycles. The highest BCUT2D eigenvalue weighted by molar-refractivity contribution is 6.99. The monoisotopic (exact) mass is 284 g/mol. The summed E-state index contributed by atoms with van der Waals surface area (Å²) in [6, 6.07) is 0.0163. The van der Waals surface area contributed by atoms with E-state index < -0.39 is 0 Å². The van der Waals surface area contributed by atoms with Crippen molar-refractivity contribution in [3.05, 3.63) is 11.9 Å². The molecule has 2 rings (SSSR count). The highest BCUT2D eigenvalue weighted by Crippen LogP contribution is 2.36. The molecule has 0 saturated carbocycles. The fourth-order valence-electron chi connectivity index (χ4n) is 2.90. The van der Waals surface area contributed by atoms with Gasteiger partial charge in [0.15, 0.2) is 5.69 Å². The van der Waals surface area contributed by atoms with Crippen LogP contribution in [0.4, 0.5) is 0 Å². The molecule has 1 aliphatic heterocycles. The van der Waals surface area contributed by atoms with Gasteiger partial charge in [0.1, 0.15) is 0 Å². The second-order valence-corrected chi connectivity index (χ2v) is 6.86. The van der Waals surface area contributed by atoms with E-state index in [1.165, 1.54) is 11.3 Å². The average molecular weight is 284 g/mol. The lowest BCUT2D eigenvalue weighted by Gasteiger charge is -2.51. The predicted octanol–water partition coefficient (Wildman–Crippen LogP) is 1.68. The number of carbonyl (C=O) groups is 1. The summed E-state index contributed by atoms with van der Waals surface area (Å²) in [4.78, 5) is 12.0. The molecule has 1 aliphatic rings. The molecule has 19 heavy (non-hydrogen) atoms. The number of hydrogen-bond acceptors (Lipinski definition) is 6. The third-order valence-electron chi connectivity index (χ3n) is 3.57. The van der Waals surface area contributed by atoms with Gasteiger partial charge in [0.2, 0.25) is 0 Å². The summed E-state index contributed by atoms with van der Waals surface area (Å²) >= 11 is 1.02. The van der Waals surface area contributed by atoms with Crippen molar-refractivity contribution in [2.75, 3.05) is 0 Å². The Morgan fingerprint density at radius 3 is 2.47 bits per heavy atom. The standard InChI is InChI=1S/C12H20N4O2S/c1-11(2)5-8(6-12(3,4)16(11)18)14-10(17)9-7-13-19-15-9/h7-8,18H,5-6H2,1-4H3,(H,14,17). The topological polar surface area (TPSA) is 78.4 Å². The quantitative estimate of drug-likeness (QED) is 0.864. The van der Waals surface area contributed by atoms with Gasteiger partial charge in [-0.3, -0.25) is 4.79 Å². The van der Waals surface area contributed by atoms with Gasteiger partial charge < -0.3 is 10.5 Å². The third-order valence-corrected chi connectivity index (χ3v) is 4.05. The number of rotatable bonds is 2. The van der Waals surface area contributed by atoms with Crippen molar-refractivity contribution in [2.24, 2.45) is 0 Å². The van der Waals surface area contributed by atoms with E-state index in [1.54, 1.807) is 0 Å². The Morgan fingerprint density at radius 1 is 1.42 bits per heavy atom. The molecule has 1 fully saturated rings. The maximum atomic E-state index is 12.0.